The largest absolute Gasteiger partial charge is 0.354 e. The molecule has 0 spiro atoms. The third kappa shape index (κ3) is 4.77. The number of benzene rings is 1. The van der Waals surface area contributed by atoms with E-state index in [4.69, 9.17) is 23.2 Å². The smallest absolute Gasteiger partial charge is 0.224 e. The van der Waals surface area contributed by atoms with E-state index in [1.54, 1.807) is 11.0 Å². The van der Waals surface area contributed by atoms with Gasteiger partial charge in [-0.05, 0) is 31.0 Å². The van der Waals surface area contributed by atoms with E-state index in [9.17, 15) is 4.79 Å². The minimum atomic E-state index is 0.600. The molecule has 8 heteroatoms. The summed E-state index contributed by atoms with van der Waals surface area (Å²) in [6, 6.07) is 7.49. The Bertz CT molecular complexity index is 778. The van der Waals surface area contributed by atoms with Crippen LogP contribution < -0.4 is 10.2 Å². The number of hydrogen-bond acceptors (Lipinski definition) is 5. The first-order valence-electron chi connectivity index (χ1n) is 8.53. The number of aromatic nitrogens is 2. The number of hydrogen-bond donors (Lipinski definition) is 1. The molecule has 138 valence electrons. The van der Waals surface area contributed by atoms with Crippen LogP contribution in [0.1, 0.15) is 11.3 Å². The van der Waals surface area contributed by atoms with E-state index in [-0.39, 0.29) is 0 Å². The number of piperazine rings is 1. The molecule has 1 fully saturated rings. The standard InChI is InChI=1S/C18H21Cl2N5O/c1-13-10-17(25-8-6-24(12-26)7-9-25)23-18(22-13)21-5-4-14-2-3-15(19)11-16(14)20/h2-3,10-12H,4-9H2,1H3,(H,21,22,23). The van der Waals surface area contributed by atoms with Crippen LogP contribution in [0.5, 0.6) is 0 Å². The lowest BCUT2D eigenvalue weighted by atomic mass is 10.1. The van der Waals surface area contributed by atoms with E-state index < -0.39 is 0 Å². The summed E-state index contributed by atoms with van der Waals surface area (Å²) < 4.78 is 0. The van der Waals surface area contributed by atoms with Gasteiger partial charge >= 0.3 is 0 Å². The summed E-state index contributed by atoms with van der Waals surface area (Å²) in [5.41, 5.74) is 1.93. The summed E-state index contributed by atoms with van der Waals surface area (Å²) >= 11 is 12.1. The Hall–Kier alpha value is -2.05. The molecule has 6 nitrogen and oxygen atoms in total. The van der Waals surface area contributed by atoms with Gasteiger partial charge in [-0.2, -0.15) is 4.98 Å². The molecule has 0 saturated carbocycles. The number of nitrogens with zero attached hydrogens (tertiary/aromatic N) is 4. The van der Waals surface area contributed by atoms with Crippen molar-refractivity contribution < 1.29 is 4.79 Å². The lowest BCUT2D eigenvalue weighted by Gasteiger charge is -2.33. The van der Waals surface area contributed by atoms with Crippen molar-refractivity contribution >= 4 is 41.4 Å². The summed E-state index contributed by atoms with van der Waals surface area (Å²) in [5.74, 6) is 1.48. The fourth-order valence-corrected chi connectivity index (χ4v) is 3.39. The Balaban J connectivity index is 1.61. The summed E-state index contributed by atoms with van der Waals surface area (Å²) in [5, 5.41) is 4.57. The predicted molar refractivity (Wildman–Crippen MR) is 105 cm³/mol. The number of halogens is 2. The number of carbonyl (C=O) groups excluding carboxylic acids is 1. The van der Waals surface area contributed by atoms with Crippen molar-refractivity contribution in [2.45, 2.75) is 13.3 Å². The van der Waals surface area contributed by atoms with Gasteiger partial charge in [0, 0.05) is 54.5 Å². The average molecular weight is 394 g/mol. The number of carbonyl (C=O) groups is 1. The molecule has 3 rings (SSSR count). The fourth-order valence-electron chi connectivity index (χ4n) is 2.88. The van der Waals surface area contributed by atoms with Crippen LogP contribution in [-0.4, -0.2) is 54.0 Å². The molecule has 1 N–H and O–H groups in total. The maximum Gasteiger partial charge on any atom is 0.224 e. The molecular formula is C18H21Cl2N5O. The van der Waals surface area contributed by atoms with Crippen molar-refractivity contribution in [2.75, 3.05) is 42.9 Å². The van der Waals surface area contributed by atoms with Crippen LogP contribution >= 0.6 is 23.2 Å². The third-order valence-electron chi connectivity index (χ3n) is 4.32. The van der Waals surface area contributed by atoms with Gasteiger partial charge in [0.25, 0.3) is 0 Å². The minimum Gasteiger partial charge on any atom is -0.354 e. The molecule has 0 atom stereocenters. The Morgan fingerprint density at radius 2 is 1.92 bits per heavy atom. The van der Waals surface area contributed by atoms with Crippen LogP contribution in [0.4, 0.5) is 11.8 Å². The highest BCUT2D eigenvalue weighted by Crippen LogP contribution is 2.21. The number of nitrogens with one attached hydrogen (secondary N) is 1. The number of amides is 1. The lowest BCUT2D eigenvalue weighted by molar-refractivity contribution is -0.118. The van der Waals surface area contributed by atoms with Gasteiger partial charge in [0.15, 0.2) is 0 Å². The first-order valence-corrected chi connectivity index (χ1v) is 9.28. The molecule has 2 heterocycles. The zero-order chi connectivity index (χ0) is 18.5. The van der Waals surface area contributed by atoms with Gasteiger partial charge in [-0.1, -0.05) is 29.3 Å². The van der Waals surface area contributed by atoms with E-state index in [0.29, 0.717) is 35.6 Å². The zero-order valence-electron chi connectivity index (χ0n) is 14.6. The van der Waals surface area contributed by atoms with E-state index in [2.05, 4.69) is 20.2 Å². The first kappa shape index (κ1) is 18.7. The van der Waals surface area contributed by atoms with Gasteiger partial charge in [0.05, 0.1) is 0 Å². The molecule has 1 aromatic carbocycles. The molecule has 1 amide bonds. The van der Waals surface area contributed by atoms with E-state index >= 15 is 0 Å². The highest BCUT2D eigenvalue weighted by Gasteiger charge is 2.17. The second kappa shape index (κ2) is 8.56. The van der Waals surface area contributed by atoms with Gasteiger partial charge in [0.2, 0.25) is 12.4 Å². The van der Waals surface area contributed by atoms with Crippen LogP contribution in [0.25, 0.3) is 0 Å². The second-order valence-corrected chi connectivity index (χ2v) is 7.08. The van der Waals surface area contributed by atoms with Crippen molar-refractivity contribution in [3.8, 4) is 0 Å². The van der Waals surface area contributed by atoms with E-state index in [1.165, 1.54) is 0 Å². The Morgan fingerprint density at radius 1 is 1.15 bits per heavy atom. The highest BCUT2D eigenvalue weighted by molar-refractivity contribution is 6.35. The second-order valence-electron chi connectivity index (χ2n) is 6.23. The SMILES string of the molecule is Cc1cc(N2CCN(C=O)CC2)nc(NCCc2ccc(Cl)cc2Cl)n1. The van der Waals surface area contributed by atoms with Crippen molar-refractivity contribution in [3.05, 3.63) is 45.6 Å². The molecule has 1 saturated heterocycles. The maximum atomic E-state index is 10.8. The minimum absolute atomic E-state index is 0.600. The molecule has 0 bridgehead atoms. The van der Waals surface area contributed by atoms with Gasteiger partial charge in [-0.25, -0.2) is 4.98 Å². The predicted octanol–water partition coefficient (Wildman–Crippen LogP) is 3.02. The normalized spacial score (nSPS) is 14.4. The van der Waals surface area contributed by atoms with E-state index in [1.807, 2.05) is 25.1 Å². The number of anilines is 2. The Labute approximate surface area is 163 Å². The fraction of sp³-hybridized carbons (Fsp3) is 0.389. The van der Waals surface area contributed by atoms with Crippen LogP contribution in [0.2, 0.25) is 10.0 Å². The summed E-state index contributed by atoms with van der Waals surface area (Å²) in [6.45, 7) is 5.59. The van der Waals surface area contributed by atoms with Crippen LogP contribution in [0.15, 0.2) is 24.3 Å². The molecule has 1 aliphatic heterocycles. The molecular weight excluding hydrogens is 373 g/mol. The summed E-state index contributed by atoms with van der Waals surface area (Å²) in [6.07, 6.45) is 1.65. The molecule has 26 heavy (non-hydrogen) atoms. The first-order chi connectivity index (χ1) is 12.5. The quantitative estimate of drug-likeness (QED) is 0.764. The van der Waals surface area contributed by atoms with Gasteiger partial charge < -0.3 is 15.1 Å². The Kier molecular flexibility index (Phi) is 6.16. The van der Waals surface area contributed by atoms with E-state index in [0.717, 1.165) is 43.0 Å². The topological polar surface area (TPSA) is 61.4 Å². The van der Waals surface area contributed by atoms with Crippen molar-refractivity contribution in [3.63, 3.8) is 0 Å². The molecule has 0 unspecified atom stereocenters. The van der Waals surface area contributed by atoms with Crippen LogP contribution in [-0.2, 0) is 11.2 Å². The molecule has 2 aromatic rings. The molecule has 0 aliphatic carbocycles. The molecule has 0 radical (unpaired) electrons. The molecule has 1 aliphatic rings. The monoisotopic (exact) mass is 393 g/mol. The third-order valence-corrected chi connectivity index (χ3v) is 4.91. The molecule has 1 aromatic heterocycles. The summed E-state index contributed by atoms with van der Waals surface area (Å²) in [7, 11) is 0. The highest BCUT2D eigenvalue weighted by atomic mass is 35.5. The van der Waals surface area contributed by atoms with Crippen molar-refractivity contribution in [2.24, 2.45) is 0 Å². The zero-order valence-corrected chi connectivity index (χ0v) is 16.1. The maximum absolute atomic E-state index is 10.8. The summed E-state index contributed by atoms with van der Waals surface area (Å²) in [4.78, 5) is 23.9. The number of aryl methyl sites for hydroxylation is 1. The lowest BCUT2D eigenvalue weighted by Crippen LogP contribution is -2.46. The van der Waals surface area contributed by atoms with Gasteiger partial charge in [0.1, 0.15) is 5.82 Å². The van der Waals surface area contributed by atoms with Gasteiger partial charge in [-0.15, -0.1) is 0 Å². The van der Waals surface area contributed by atoms with Crippen LogP contribution in [0, 0.1) is 6.92 Å². The van der Waals surface area contributed by atoms with Crippen LogP contribution in [0.3, 0.4) is 0 Å². The Morgan fingerprint density at radius 3 is 2.62 bits per heavy atom. The van der Waals surface area contributed by atoms with Crippen molar-refractivity contribution in [1.82, 2.24) is 14.9 Å². The van der Waals surface area contributed by atoms with Gasteiger partial charge in [-0.3, -0.25) is 4.79 Å². The number of rotatable bonds is 6. The van der Waals surface area contributed by atoms with Crippen molar-refractivity contribution in [1.29, 1.82) is 0 Å². The average Bonchev–Trinajstić information content (AvgIpc) is 2.63.